The zero-order valence-corrected chi connectivity index (χ0v) is 18.1. The lowest BCUT2D eigenvalue weighted by molar-refractivity contribution is -0.119. The van der Waals surface area contributed by atoms with E-state index in [2.05, 4.69) is 10.0 Å². The third-order valence-corrected chi connectivity index (χ3v) is 7.08. The van der Waals surface area contributed by atoms with Crippen molar-refractivity contribution >= 4 is 27.1 Å². The van der Waals surface area contributed by atoms with E-state index in [-0.39, 0.29) is 29.1 Å². The molecule has 2 aliphatic rings. The van der Waals surface area contributed by atoms with Crippen LogP contribution in [0.3, 0.4) is 0 Å². The number of likely N-dealkylation sites (N-methyl/N-ethyl adjacent to an activating group) is 1. The van der Waals surface area contributed by atoms with Gasteiger partial charge in [-0.3, -0.25) is 4.79 Å². The topological polar surface area (TPSA) is 79.3 Å². The molecule has 0 N–H and O–H groups in total. The summed E-state index contributed by atoms with van der Waals surface area (Å²) in [7, 11) is 0.569. The minimum Gasteiger partial charge on any atom is -0.489 e. The van der Waals surface area contributed by atoms with E-state index in [4.69, 9.17) is 4.74 Å². The van der Waals surface area contributed by atoms with Crippen LogP contribution in [0.2, 0.25) is 0 Å². The largest absolute Gasteiger partial charge is 0.489 e. The second-order valence-electron chi connectivity index (χ2n) is 8.05. The molecule has 2 heterocycles. The molecule has 0 radical (unpaired) electrons. The Hall–Kier alpha value is -2.71. The van der Waals surface area contributed by atoms with Gasteiger partial charge in [-0.15, -0.1) is 0 Å². The Labute approximate surface area is 176 Å². The Morgan fingerprint density at radius 2 is 1.87 bits per heavy atom. The highest BCUT2D eigenvalue weighted by molar-refractivity contribution is 7.91. The fourth-order valence-electron chi connectivity index (χ4n) is 4.01. The van der Waals surface area contributed by atoms with Crippen LogP contribution < -0.4 is 9.75 Å². The normalized spacial score (nSPS) is 20.9. The van der Waals surface area contributed by atoms with Crippen molar-refractivity contribution < 1.29 is 17.9 Å². The van der Waals surface area contributed by atoms with Crippen molar-refractivity contribution in [3.63, 3.8) is 0 Å². The monoisotopic (exact) mass is 427 g/mol. The second-order valence-corrected chi connectivity index (χ2v) is 10.1. The predicted octanol–water partition coefficient (Wildman–Crippen LogP) is 2.56. The third-order valence-electron chi connectivity index (χ3n) is 5.21. The average Bonchev–Trinajstić information content (AvgIpc) is 2.67. The molecule has 0 bridgehead atoms. The third kappa shape index (κ3) is 3.97. The summed E-state index contributed by atoms with van der Waals surface area (Å²) in [6.07, 6.45) is 0.147. The summed E-state index contributed by atoms with van der Waals surface area (Å²) >= 11 is 0. The molecule has 0 fully saturated rings. The maximum atomic E-state index is 12.7. The van der Waals surface area contributed by atoms with E-state index < -0.39 is 15.8 Å². The number of nitrogens with zero attached hydrogens (tertiary/aromatic N) is 3. The molecular formula is C22H25N3O4S. The molecule has 1 amide bonds. The maximum Gasteiger partial charge on any atom is 0.248 e. The van der Waals surface area contributed by atoms with Crippen LogP contribution in [-0.2, 0) is 14.6 Å². The lowest BCUT2D eigenvalue weighted by atomic mass is 9.93. The molecule has 30 heavy (non-hydrogen) atoms. The summed E-state index contributed by atoms with van der Waals surface area (Å²) in [5.74, 6) is 0.00667. The van der Waals surface area contributed by atoms with Crippen molar-refractivity contribution in [2.24, 2.45) is 11.0 Å². The van der Waals surface area contributed by atoms with E-state index in [0.717, 1.165) is 12.3 Å². The minimum absolute atomic E-state index is 0.0316. The first-order chi connectivity index (χ1) is 14.2. The van der Waals surface area contributed by atoms with Crippen molar-refractivity contribution in [3.8, 4) is 5.75 Å². The molecule has 0 saturated carbocycles. The van der Waals surface area contributed by atoms with Gasteiger partial charge in [0, 0.05) is 24.4 Å². The van der Waals surface area contributed by atoms with Crippen LogP contribution in [0, 0.1) is 5.92 Å². The van der Waals surface area contributed by atoms with Gasteiger partial charge >= 0.3 is 0 Å². The van der Waals surface area contributed by atoms with Gasteiger partial charge in [0.15, 0.2) is 9.84 Å². The number of sulfone groups is 1. The first-order valence-electron chi connectivity index (χ1n) is 9.89. The van der Waals surface area contributed by atoms with E-state index in [0.29, 0.717) is 17.0 Å². The Bertz CT molecular complexity index is 1090. The quantitative estimate of drug-likeness (QED) is 0.733. The highest BCUT2D eigenvalue weighted by Crippen LogP contribution is 2.35. The number of carbonyl (C=O) groups excluding carboxylic acids is 1. The van der Waals surface area contributed by atoms with Gasteiger partial charge in [0.25, 0.3) is 0 Å². The van der Waals surface area contributed by atoms with Crippen LogP contribution >= 0.6 is 0 Å². The number of hydrazone groups is 1. The number of ether oxygens (including phenoxy) is 1. The molecule has 2 aliphatic heterocycles. The summed E-state index contributed by atoms with van der Waals surface area (Å²) in [5.41, 5.74) is 1.87. The number of hydrogen-bond donors (Lipinski definition) is 0. The Kier molecular flexibility index (Phi) is 5.38. The van der Waals surface area contributed by atoms with Crippen LogP contribution in [0.4, 0.5) is 5.69 Å². The van der Waals surface area contributed by atoms with E-state index >= 15 is 0 Å². The molecule has 2 aromatic carbocycles. The number of fused-ring (bicyclic) bond motifs is 3. The Morgan fingerprint density at radius 1 is 1.17 bits per heavy atom. The average molecular weight is 428 g/mol. The van der Waals surface area contributed by atoms with E-state index in [9.17, 15) is 13.2 Å². The van der Waals surface area contributed by atoms with E-state index in [1.807, 2.05) is 33.2 Å². The first-order valence-corrected chi connectivity index (χ1v) is 11.5. The number of amides is 1. The van der Waals surface area contributed by atoms with Crippen LogP contribution in [0.25, 0.3) is 0 Å². The number of anilines is 1. The summed E-state index contributed by atoms with van der Waals surface area (Å²) in [5, 5.41) is 5.95. The van der Waals surface area contributed by atoms with Gasteiger partial charge in [0.1, 0.15) is 11.9 Å². The van der Waals surface area contributed by atoms with Crippen molar-refractivity contribution in [2.45, 2.75) is 24.3 Å². The highest BCUT2D eigenvalue weighted by Gasteiger charge is 2.40. The van der Waals surface area contributed by atoms with Crippen molar-refractivity contribution in [1.82, 2.24) is 4.90 Å². The second kappa shape index (κ2) is 7.85. The molecule has 2 atom stereocenters. The first kappa shape index (κ1) is 20.6. The smallest absolute Gasteiger partial charge is 0.248 e. The SMILES string of the molecule is CC(CN(C)C)Oc1ccc(N2N=C3c4ccccc4S(=O)(=O)CC3CC2=O)cc1. The van der Waals surface area contributed by atoms with Crippen LogP contribution in [0.5, 0.6) is 5.75 Å². The van der Waals surface area contributed by atoms with E-state index in [1.165, 1.54) is 5.01 Å². The van der Waals surface area contributed by atoms with Gasteiger partial charge in [0.05, 0.1) is 22.0 Å². The molecule has 8 heteroatoms. The van der Waals surface area contributed by atoms with Gasteiger partial charge in [-0.05, 0) is 51.4 Å². The molecule has 4 rings (SSSR count). The number of benzene rings is 2. The van der Waals surface area contributed by atoms with Crippen LogP contribution in [-0.4, -0.2) is 57.4 Å². The Balaban J connectivity index is 1.63. The summed E-state index contributed by atoms with van der Waals surface area (Å²) in [6, 6.07) is 14.1. The molecule has 0 aliphatic carbocycles. The van der Waals surface area contributed by atoms with Crippen LogP contribution in [0.15, 0.2) is 58.5 Å². The number of carbonyl (C=O) groups is 1. The molecule has 0 saturated heterocycles. The van der Waals surface area contributed by atoms with Crippen molar-refractivity contribution in [1.29, 1.82) is 0 Å². The standard InChI is InChI=1S/C22H25N3O4S/c1-15(13-24(2)3)29-18-10-8-17(9-11-18)25-21(26)12-16-14-30(27,28)20-7-5-4-6-19(20)22(16)23-25/h4-11,15-16H,12-14H2,1-3H3. The molecule has 0 spiro atoms. The molecule has 7 nitrogen and oxygen atoms in total. The fraction of sp³-hybridized carbons (Fsp3) is 0.364. The van der Waals surface area contributed by atoms with Crippen molar-refractivity contribution in [3.05, 3.63) is 54.1 Å². The highest BCUT2D eigenvalue weighted by atomic mass is 32.2. The minimum atomic E-state index is -3.42. The van der Waals surface area contributed by atoms with Gasteiger partial charge in [-0.2, -0.15) is 5.10 Å². The zero-order chi connectivity index (χ0) is 21.5. The van der Waals surface area contributed by atoms with Crippen LogP contribution in [0.1, 0.15) is 18.9 Å². The molecule has 158 valence electrons. The lowest BCUT2D eigenvalue weighted by Gasteiger charge is -2.33. The summed E-state index contributed by atoms with van der Waals surface area (Å²) in [6.45, 7) is 2.80. The Morgan fingerprint density at radius 3 is 2.57 bits per heavy atom. The molecular weight excluding hydrogens is 402 g/mol. The van der Waals surface area contributed by atoms with Gasteiger partial charge in [-0.1, -0.05) is 18.2 Å². The zero-order valence-electron chi connectivity index (χ0n) is 17.3. The molecule has 2 unspecified atom stereocenters. The lowest BCUT2D eigenvalue weighted by Crippen LogP contribution is -2.42. The maximum absolute atomic E-state index is 12.7. The summed E-state index contributed by atoms with van der Waals surface area (Å²) < 4.78 is 31.1. The van der Waals surface area contributed by atoms with Gasteiger partial charge < -0.3 is 9.64 Å². The van der Waals surface area contributed by atoms with Crippen molar-refractivity contribution in [2.75, 3.05) is 31.4 Å². The number of hydrogen-bond acceptors (Lipinski definition) is 6. The molecule has 2 aromatic rings. The fourth-order valence-corrected chi connectivity index (χ4v) is 5.78. The van der Waals surface area contributed by atoms with E-state index in [1.54, 1.807) is 36.4 Å². The summed E-state index contributed by atoms with van der Waals surface area (Å²) in [4.78, 5) is 15.1. The number of rotatable bonds is 5. The van der Waals surface area contributed by atoms with Gasteiger partial charge in [0.2, 0.25) is 5.91 Å². The van der Waals surface area contributed by atoms with Gasteiger partial charge in [-0.25, -0.2) is 13.4 Å². The molecule has 0 aromatic heterocycles. The predicted molar refractivity (Wildman–Crippen MR) is 116 cm³/mol.